The van der Waals surface area contributed by atoms with Crippen LogP contribution < -0.4 is 25.8 Å². The average molecular weight is 1140 g/mol. The van der Waals surface area contributed by atoms with E-state index in [0.717, 1.165) is 28.6 Å². The third kappa shape index (κ3) is 10.8. The normalized spacial score (nSPS) is 29.8. The minimum Gasteiger partial charge on any atom is -0.496 e. The SMILES string of the molecule is CC[C@]1(O)C[C@H]2CN(CCc3c([nH]c4ccccc34)[C@@](C(=O)OC)(c3cc4c(cc3OC)N(C=O)[C@H]3[C@@](O)(C(=O)OC)[C@H](OC(C)=O)[C@]5(CC)C=CCN6CC[C@]43[C@@H]65)C2)C1.CNNCc1ccc(C(=O)NC(C)C)cc1.O=S(=O)(O)O. The molecule has 3 fully saturated rings. The molecular formula is C58H77N7O15S. The summed E-state index contributed by atoms with van der Waals surface area (Å²) in [5.41, 5.74) is 4.53. The predicted molar refractivity (Wildman–Crippen MR) is 300 cm³/mol. The Kier molecular flexibility index (Phi) is 17.7. The molecule has 2 saturated heterocycles. The number of hydrazine groups is 1. The van der Waals surface area contributed by atoms with Crippen molar-refractivity contribution in [3.63, 3.8) is 0 Å². The minimum absolute atomic E-state index is 0.0249. The van der Waals surface area contributed by atoms with Crippen LogP contribution in [0, 0.1) is 11.3 Å². The third-order valence-corrected chi connectivity index (χ3v) is 17.6. The molecule has 2 bridgehead atoms. The van der Waals surface area contributed by atoms with Gasteiger partial charge in [-0.2, -0.15) is 8.42 Å². The molecule has 10 atom stereocenters. The van der Waals surface area contributed by atoms with Crippen LogP contribution in [-0.4, -0.2) is 169 Å². The number of aromatic amines is 1. The first kappa shape index (κ1) is 60.8. The molecule has 5 aliphatic heterocycles. The van der Waals surface area contributed by atoms with Gasteiger partial charge in [-0.05, 0) is 113 Å². The molecule has 1 spiro atoms. The maximum absolute atomic E-state index is 15.3. The molecule has 440 valence electrons. The summed E-state index contributed by atoms with van der Waals surface area (Å²) in [6.45, 7) is 12.8. The lowest BCUT2D eigenvalue weighted by atomic mass is 9.47. The van der Waals surface area contributed by atoms with Crippen molar-refractivity contribution in [2.24, 2.45) is 11.3 Å². The van der Waals surface area contributed by atoms with E-state index in [-0.39, 0.29) is 24.3 Å². The van der Waals surface area contributed by atoms with Gasteiger partial charge in [0.05, 0.1) is 38.7 Å². The molecule has 1 aromatic heterocycles. The first-order chi connectivity index (χ1) is 38.4. The van der Waals surface area contributed by atoms with Gasteiger partial charge in [0.1, 0.15) is 11.2 Å². The van der Waals surface area contributed by atoms with Crippen LogP contribution >= 0.6 is 0 Å². The van der Waals surface area contributed by atoms with Crippen molar-refractivity contribution in [3.05, 3.63) is 106 Å². The van der Waals surface area contributed by atoms with Crippen LogP contribution in [0.3, 0.4) is 0 Å². The fourth-order valence-corrected chi connectivity index (χ4v) is 14.7. The molecule has 3 aromatic carbocycles. The smallest absolute Gasteiger partial charge is 0.394 e. The molecule has 6 aliphatic rings. The van der Waals surface area contributed by atoms with Crippen LogP contribution in [0.4, 0.5) is 5.69 Å². The van der Waals surface area contributed by atoms with E-state index in [4.69, 9.17) is 36.5 Å². The van der Waals surface area contributed by atoms with Gasteiger partial charge in [0.15, 0.2) is 6.10 Å². The van der Waals surface area contributed by atoms with E-state index in [1.165, 1.54) is 33.2 Å². The third-order valence-electron chi connectivity index (χ3n) is 17.6. The molecule has 1 saturated carbocycles. The number of methoxy groups -OCH3 is 3. The zero-order valence-electron chi connectivity index (χ0n) is 47.4. The highest BCUT2D eigenvalue weighted by Crippen LogP contribution is 2.68. The number of carbonyl (C=O) groups excluding carboxylic acids is 5. The number of benzene rings is 3. The summed E-state index contributed by atoms with van der Waals surface area (Å²) in [6.07, 6.45) is 5.83. The van der Waals surface area contributed by atoms with E-state index in [1.54, 1.807) is 6.07 Å². The number of amides is 2. The first-order valence-electron chi connectivity index (χ1n) is 27.4. The lowest BCUT2D eigenvalue weighted by molar-refractivity contribution is -0.228. The minimum atomic E-state index is -4.67. The molecular weight excluding hydrogens is 1070 g/mol. The van der Waals surface area contributed by atoms with Crippen LogP contribution in [0.1, 0.15) is 105 Å². The van der Waals surface area contributed by atoms with Crippen LogP contribution in [0.5, 0.6) is 5.75 Å². The number of nitrogens with zero attached hydrogens (tertiary/aromatic N) is 3. The second-order valence-electron chi connectivity index (χ2n) is 22.5. The molecule has 0 radical (unpaired) electrons. The van der Waals surface area contributed by atoms with E-state index in [2.05, 4.69) is 37.0 Å². The fourth-order valence-electron chi connectivity index (χ4n) is 14.7. The number of piperidine rings is 1. The number of esters is 3. The highest BCUT2D eigenvalue weighted by atomic mass is 32.3. The summed E-state index contributed by atoms with van der Waals surface area (Å²) in [5.74, 6) is -2.09. The van der Waals surface area contributed by atoms with Crippen LogP contribution in [0.25, 0.3) is 10.9 Å². The lowest BCUT2D eigenvalue weighted by Gasteiger charge is -2.63. The molecule has 6 heterocycles. The number of anilines is 1. The van der Waals surface area contributed by atoms with E-state index in [9.17, 15) is 29.4 Å². The van der Waals surface area contributed by atoms with Crippen molar-refractivity contribution in [1.29, 1.82) is 0 Å². The molecule has 23 heteroatoms. The van der Waals surface area contributed by atoms with Gasteiger partial charge >= 0.3 is 28.3 Å². The predicted octanol–water partition coefficient (Wildman–Crippen LogP) is 3.91. The van der Waals surface area contributed by atoms with Gasteiger partial charge in [0.25, 0.3) is 5.91 Å². The van der Waals surface area contributed by atoms with Crippen LogP contribution in [-0.2, 0) is 67.6 Å². The van der Waals surface area contributed by atoms with Gasteiger partial charge < -0.3 is 44.4 Å². The number of hydrogen-bond donors (Lipinski definition) is 8. The molecule has 8 N–H and O–H groups in total. The van der Waals surface area contributed by atoms with Crippen molar-refractivity contribution in [2.75, 3.05) is 66.0 Å². The van der Waals surface area contributed by atoms with Crippen molar-refractivity contribution < 1.29 is 70.7 Å². The molecule has 1 unspecified atom stereocenters. The maximum Gasteiger partial charge on any atom is 0.394 e. The van der Waals surface area contributed by atoms with Gasteiger partial charge in [-0.1, -0.05) is 56.3 Å². The standard InChI is InChI=1S/C46H56N4O10.C12H19N3O.H2O4S/c1-7-42(55)22-28-23-45(40(53)58-5,36-30(14-18-48(24-28)25-42)29-12-9-10-13-33(29)47-36)32-20-31-34(21-35(32)57-4)50(26-51)38-44(31)16-19-49-17-11-15-43(8-2,37(44)49)39(60-27(3)52)46(38,56)41(54)59-6;1-9(2)15-12(16)11-6-4-10(5-7-11)8-14-13-3;1-5(2,3)4/h9-13,15,20-21,26,28,37-39,47,55-56H,7-8,14,16-19,22-25H2,1-6H3;4-7,9,13-14H,8H2,1-3H3,(H,15,16);(H2,1,2,3,4)/t28-,37+,38-,39-,42+,43-,44-,45+,46+;;/m1../s1. The Morgan fingerprint density at radius 1 is 0.914 bits per heavy atom. The van der Waals surface area contributed by atoms with Gasteiger partial charge in [-0.15, -0.1) is 0 Å². The molecule has 81 heavy (non-hydrogen) atoms. The van der Waals surface area contributed by atoms with E-state index >= 15 is 4.79 Å². The molecule has 4 aromatic rings. The zero-order chi connectivity index (χ0) is 59.0. The van der Waals surface area contributed by atoms with Gasteiger partial charge in [-0.25, -0.2) is 4.79 Å². The number of aliphatic hydroxyl groups is 2. The number of aromatic nitrogens is 1. The van der Waals surface area contributed by atoms with Crippen molar-refractivity contribution in [1.82, 2.24) is 31.0 Å². The number of fused-ring (bicyclic) bond motifs is 6. The Morgan fingerprint density at radius 3 is 2.21 bits per heavy atom. The number of nitrogens with one attached hydrogen (secondary N) is 4. The Balaban J connectivity index is 0.000000346. The monoisotopic (exact) mass is 1140 g/mol. The average Bonchev–Trinajstić information content (AvgIpc) is 2.87. The summed E-state index contributed by atoms with van der Waals surface area (Å²) in [6, 6.07) is 17.7. The summed E-state index contributed by atoms with van der Waals surface area (Å²) in [4.78, 5) is 77.8. The Hall–Kier alpha value is -6.28. The zero-order valence-corrected chi connectivity index (χ0v) is 48.2. The van der Waals surface area contributed by atoms with Crippen molar-refractivity contribution in [3.8, 4) is 5.75 Å². The summed E-state index contributed by atoms with van der Waals surface area (Å²) >= 11 is 0. The van der Waals surface area contributed by atoms with Crippen molar-refractivity contribution in [2.45, 2.75) is 126 Å². The highest BCUT2D eigenvalue weighted by Gasteiger charge is 2.81. The molecule has 1 aliphatic carbocycles. The Labute approximate surface area is 472 Å². The summed E-state index contributed by atoms with van der Waals surface area (Å²) in [5, 5.41) is 29.1. The lowest BCUT2D eigenvalue weighted by Crippen LogP contribution is -2.81. The van der Waals surface area contributed by atoms with Crippen molar-refractivity contribution >= 4 is 57.2 Å². The van der Waals surface area contributed by atoms with Gasteiger partial charge in [0, 0.05) is 96.4 Å². The second-order valence-corrected chi connectivity index (χ2v) is 23.4. The van der Waals surface area contributed by atoms with Crippen LogP contribution in [0.2, 0.25) is 0 Å². The first-order valence-corrected chi connectivity index (χ1v) is 28.8. The second kappa shape index (κ2) is 23.5. The summed E-state index contributed by atoms with van der Waals surface area (Å²) < 4.78 is 55.3. The maximum atomic E-state index is 15.3. The molecule has 2 amide bonds. The van der Waals surface area contributed by atoms with Crippen LogP contribution in [0.15, 0.2) is 72.8 Å². The fraction of sp³-hybridized carbons (Fsp3) is 0.534. The highest BCUT2D eigenvalue weighted by molar-refractivity contribution is 7.79. The topological polar surface area (TPSA) is 299 Å². The Morgan fingerprint density at radius 2 is 1.60 bits per heavy atom. The number of H-pyrrole nitrogens is 1. The number of rotatable bonds is 13. The number of hydrogen-bond acceptors (Lipinski definition) is 17. The summed E-state index contributed by atoms with van der Waals surface area (Å²) in [7, 11) is 1.25. The Bertz CT molecular complexity index is 3160. The van der Waals surface area contributed by atoms with E-state index in [0.29, 0.717) is 105 Å². The van der Waals surface area contributed by atoms with Gasteiger partial charge in [0.2, 0.25) is 12.0 Å². The quantitative estimate of drug-likeness (QED) is 0.0235. The van der Waals surface area contributed by atoms with Gasteiger partial charge in [-0.3, -0.25) is 48.9 Å². The largest absolute Gasteiger partial charge is 0.496 e. The molecule has 22 nitrogen and oxygen atoms in total. The molecule has 10 rings (SSSR count). The number of carbonyl (C=O) groups is 5. The number of para-hydroxylation sites is 1. The van der Waals surface area contributed by atoms with E-state index < -0.39 is 73.9 Å². The number of ether oxygens (including phenoxy) is 4. The van der Waals surface area contributed by atoms with E-state index in [1.807, 2.05) is 95.4 Å².